The Hall–Kier alpha value is -1.53. The van der Waals surface area contributed by atoms with E-state index in [1.165, 1.54) is 18.7 Å². The van der Waals surface area contributed by atoms with E-state index in [1.807, 2.05) is 24.3 Å². The van der Waals surface area contributed by atoms with E-state index in [1.54, 1.807) is 0 Å². The molecule has 114 valence electrons. The Morgan fingerprint density at radius 1 is 1.24 bits per heavy atom. The van der Waals surface area contributed by atoms with E-state index in [-0.39, 0.29) is 17.9 Å². The third-order valence-electron chi connectivity index (χ3n) is 3.13. The maximum atomic E-state index is 11.9. The van der Waals surface area contributed by atoms with Gasteiger partial charge in [-0.15, -0.1) is 11.8 Å². The minimum Gasteiger partial charge on any atom is -0.381 e. The molecule has 1 fully saturated rings. The van der Waals surface area contributed by atoms with Crippen molar-refractivity contribution in [2.75, 3.05) is 24.3 Å². The quantitative estimate of drug-likeness (QED) is 0.817. The summed E-state index contributed by atoms with van der Waals surface area (Å²) in [5, 5.41) is 5.74. The Labute approximate surface area is 128 Å². The molecule has 1 aromatic carbocycles. The van der Waals surface area contributed by atoms with Crippen LogP contribution in [0.5, 0.6) is 0 Å². The normalized spacial score (nSPS) is 15.5. The van der Waals surface area contributed by atoms with Gasteiger partial charge in [-0.05, 0) is 37.1 Å². The van der Waals surface area contributed by atoms with E-state index < -0.39 is 0 Å². The summed E-state index contributed by atoms with van der Waals surface area (Å²) in [4.78, 5) is 23.8. The smallest absolute Gasteiger partial charge is 0.230 e. The van der Waals surface area contributed by atoms with Gasteiger partial charge in [0.15, 0.2) is 0 Å². The van der Waals surface area contributed by atoms with Crippen molar-refractivity contribution < 1.29 is 14.3 Å². The van der Waals surface area contributed by atoms with E-state index in [0.29, 0.717) is 5.75 Å². The summed E-state index contributed by atoms with van der Waals surface area (Å²) in [6.45, 7) is 2.93. The maximum absolute atomic E-state index is 11.9. The lowest BCUT2D eigenvalue weighted by Crippen LogP contribution is -2.39. The van der Waals surface area contributed by atoms with Crippen LogP contribution in [0.15, 0.2) is 29.2 Å². The molecule has 1 aliphatic heterocycles. The lowest BCUT2D eigenvalue weighted by molar-refractivity contribution is -0.119. The number of benzene rings is 1. The highest BCUT2D eigenvalue weighted by molar-refractivity contribution is 8.00. The second-order valence-electron chi connectivity index (χ2n) is 4.95. The molecule has 1 saturated heterocycles. The van der Waals surface area contributed by atoms with Gasteiger partial charge >= 0.3 is 0 Å². The van der Waals surface area contributed by atoms with Gasteiger partial charge in [-0.1, -0.05) is 0 Å². The predicted octanol–water partition coefficient (Wildman–Crippen LogP) is 2.03. The Morgan fingerprint density at radius 2 is 1.90 bits per heavy atom. The summed E-state index contributed by atoms with van der Waals surface area (Å²) in [7, 11) is 0. The molecule has 0 unspecified atom stereocenters. The van der Waals surface area contributed by atoms with Crippen molar-refractivity contribution in [3.8, 4) is 0 Å². The van der Waals surface area contributed by atoms with E-state index in [0.717, 1.165) is 36.6 Å². The van der Waals surface area contributed by atoms with Gasteiger partial charge in [-0.25, -0.2) is 0 Å². The standard InChI is InChI=1S/C15H20N2O3S/c1-11(18)16-12-2-4-14(5-3-12)21-10-15(19)17-13-6-8-20-9-7-13/h2-5,13H,6-10H2,1H3,(H,16,18)(H,17,19). The van der Waals surface area contributed by atoms with Gasteiger partial charge in [-0.2, -0.15) is 0 Å². The highest BCUT2D eigenvalue weighted by Gasteiger charge is 2.15. The van der Waals surface area contributed by atoms with Crippen molar-refractivity contribution in [3.63, 3.8) is 0 Å². The van der Waals surface area contributed by atoms with Gasteiger partial charge in [-0.3, -0.25) is 9.59 Å². The summed E-state index contributed by atoms with van der Waals surface area (Å²) in [5.41, 5.74) is 0.763. The first-order valence-electron chi connectivity index (χ1n) is 7.01. The molecule has 0 spiro atoms. The van der Waals surface area contributed by atoms with Crippen molar-refractivity contribution in [2.45, 2.75) is 30.7 Å². The number of hydrogen-bond acceptors (Lipinski definition) is 4. The van der Waals surface area contributed by atoms with Crippen LogP contribution in [0.4, 0.5) is 5.69 Å². The molecule has 6 heteroatoms. The fourth-order valence-electron chi connectivity index (χ4n) is 2.10. The van der Waals surface area contributed by atoms with Gasteiger partial charge in [0.05, 0.1) is 5.75 Å². The number of rotatable bonds is 5. The largest absolute Gasteiger partial charge is 0.381 e. The molecule has 0 bridgehead atoms. The zero-order valence-corrected chi connectivity index (χ0v) is 12.9. The minimum absolute atomic E-state index is 0.0536. The minimum atomic E-state index is -0.0914. The van der Waals surface area contributed by atoms with E-state index >= 15 is 0 Å². The fourth-order valence-corrected chi connectivity index (χ4v) is 2.81. The average Bonchev–Trinajstić information content (AvgIpc) is 2.47. The van der Waals surface area contributed by atoms with Crippen LogP contribution in [-0.2, 0) is 14.3 Å². The molecule has 1 aromatic rings. The molecular weight excluding hydrogens is 288 g/mol. The van der Waals surface area contributed by atoms with E-state index in [2.05, 4.69) is 10.6 Å². The summed E-state index contributed by atoms with van der Waals surface area (Å²) < 4.78 is 5.26. The first kappa shape index (κ1) is 15.9. The number of carbonyl (C=O) groups is 2. The first-order valence-corrected chi connectivity index (χ1v) is 7.99. The predicted molar refractivity (Wildman–Crippen MR) is 83.5 cm³/mol. The lowest BCUT2D eigenvalue weighted by Gasteiger charge is -2.23. The fraction of sp³-hybridized carbons (Fsp3) is 0.467. The molecule has 2 rings (SSSR count). The number of thioether (sulfide) groups is 1. The molecule has 5 nitrogen and oxygen atoms in total. The molecule has 0 saturated carbocycles. The van der Waals surface area contributed by atoms with Crippen molar-refractivity contribution in [1.82, 2.24) is 5.32 Å². The van der Waals surface area contributed by atoms with E-state index in [4.69, 9.17) is 4.74 Å². The topological polar surface area (TPSA) is 67.4 Å². The number of nitrogens with one attached hydrogen (secondary N) is 2. The van der Waals surface area contributed by atoms with Crippen LogP contribution >= 0.6 is 11.8 Å². The van der Waals surface area contributed by atoms with Crippen molar-refractivity contribution in [1.29, 1.82) is 0 Å². The summed E-state index contributed by atoms with van der Waals surface area (Å²) in [5.74, 6) is 0.362. The number of ether oxygens (including phenoxy) is 1. The first-order chi connectivity index (χ1) is 10.1. The Morgan fingerprint density at radius 3 is 2.52 bits per heavy atom. The zero-order chi connectivity index (χ0) is 15.1. The molecule has 2 N–H and O–H groups in total. The summed E-state index contributed by atoms with van der Waals surface area (Å²) >= 11 is 1.49. The Kier molecular flexibility index (Phi) is 6.07. The highest BCUT2D eigenvalue weighted by Crippen LogP contribution is 2.20. The molecule has 1 heterocycles. The van der Waals surface area contributed by atoms with Crippen LogP contribution in [-0.4, -0.2) is 36.8 Å². The number of hydrogen-bond donors (Lipinski definition) is 2. The van der Waals surface area contributed by atoms with Crippen molar-refractivity contribution >= 4 is 29.3 Å². The second kappa shape index (κ2) is 8.05. The monoisotopic (exact) mass is 308 g/mol. The molecule has 21 heavy (non-hydrogen) atoms. The zero-order valence-electron chi connectivity index (χ0n) is 12.1. The third kappa shape index (κ3) is 5.77. The Balaban J connectivity index is 1.74. The van der Waals surface area contributed by atoms with Crippen LogP contribution in [0.3, 0.4) is 0 Å². The maximum Gasteiger partial charge on any atom is 0.230 e. The van der Waals surface area contributed by atoms with Crippen LogP contribution in [0.1, 0.15) is 19.8 Å². The van der Waals surface area contributed by atoms with Gasteiger partial charge < -0.3 is 15.4 Å². The molecule has 1 aliphatic rings. The average molecular weight is 308 g/mol. The number of amides is 2. The third-order valence-corrected chi connectivity index (χ3v) is 4.14. The molecular formula is C15H20N2O3S. The Bertz CT molecular complexity index is 484. The van der Waals surface area contributed by atoms with Gasteiger partial charge in [0.25, 0.3) is 0 Å². The second-order valence-corrected chi connectivity index (χ2v) is 6.00. The highest BCUT2D eigenvalue weighted by atomic mass is 32.2. The molecule has 0 aromatic heterocycles. The van der Waals surface area contributed by atoms with E-state index in [9.17, 15) is 9.59 Å². The number of anilines is 1. The lowest BCUT2D eigenvalue weighted by atomic mass is 10.1. The SMILES string of the molecule is CC(=O)Nc1ccc(SCC(=O)NC2CCOCC2)cc1. The van der Waals surface area contributed by atoms with Gasteiger partial charge in [0, 0.05) is 36.8 Å². The van der Waals surface area contributed by atoms with Gasteiger partial charge in [0.1, 0.15) is 0 Å². The summed E-state index contributed by atoms with van der Waals surface area (Å²) in [6, 6.07) is 7.71. The van der Waals surface area contributed by atoms with Crippen LogP contribution in [0.25, 0.3) is 0 Å². The van der Waals surface area contributed by atoms with Crippen molar-refractivity contribution in [2.24, 2.45) is 0 Å². The summed E-state index contributed by atoms with van der Waals surface area (Å²) in [6.07, 6.45) is 1.78. The van der Waals surface area contributed by atoms with Crippen LogP contribution in [0.2, 0.25) is 0 Å². The van der Waals surface area contributed by atoms with Crippen LogP contribution in [0, 0.1) is 0 Å². The van der Waals surface area contributed by atoms with Crippen LogP contribution < -0.4 is 10.6 Å². The molecule has 0 atom stereocenters. The molecule has 0 radical (unpaired) electrons. The van der Waals surface area contributed by atoms with Gasteiger partial charge in [0.2, 0.25) is 11.8 Å². The molecule has 0 aliphatic carbocycles. The molecule has 2 amide bonds. The number of carbonyl (C=O) groups excluding carboxylic acids is 2. The van der Waals surface area contributed by atoms with Crippen molar-refractivity contribution in [3.05, 3.63) is 24.3 Å².